The Morgan fingerprint density at radius 2 is 1.64 bits per heavy atom. The monoisotopic (exact) mass is 384 g/mol. The van der Waals surface area contributed by atoms with Gasteiger partial charge in [0, 0.05) is 24.4 Å². The van der Waals surface area contributed by atoms with Gasteiger partial charge < -0.3 is 9.30 Å². The van der Waals surface area contributed by atoms with Crippen LogP contribution >= 0.6 is 0 Å². The molecule has 0 atom stereocenters. The van der Waals surface area contributed by atoms with Gasteiger partial charge in [-0.05, 0) is 36.1 Å². The first-order chi connectivity index (χ1) is 13.0. The van der Waals surface area contributed by atoms with E-state index in [-0.39, 0.29) is 16.9 Å². The molecule has 0 radical (unpaired) electrons. The molecule has 28 heavy (non-hydrogen) atoms. The molecule has 148 valence electrons. The second-order valence-corrected chi connectivity index (χ2v) is 7.56. The van der Waals surface area contributed by atoms with Gasteiger partial charge in [0.1, 0.15) is 5.69 Å². The van der Waals surface area contributed by atoms with Crippen LogP contribution < -0.4 is 5.32 Å². The van der Waals surface area contributed by atoms with Crippen LogP contribution in [0.25, 0.3) is 0 Å². The van der Waals surface area contributed by atoms with Crippen LogP contribution in [-0.4, -0.2) is 34.7 Å². The largest absolute Gasteiger partial charge is 0.451 e. The minimum Gasteiger partial charge on any atom is -0.451 e. The molecule has 0 unspecified atom stereocenters. The van der Waals surface area contributed by atoms with Gasteiger partial charge in [0.2, 0.25) is 0 Å². The van der Waals surface area contributed by atoms with E-state index in [0.29, 0.717) is 11.1 Å². The molecule has 7 nitrogen and oxygen atoms in total. The molecule has 0 saturated heterocycles. The molecule has 0 aliphatic rings. The van der Waals surface area contributed by atoms with E-state index in [9.17, 15) is 19.2 Å². The molecule has 2 amide bonds. The zero-order valence-corrected chi connectivity index (χ0v) is 16.7. The summed E-state index contributed by atoms with van der Waals surface area (Å²) in [7, 11) is 1.59. The Bertz CT molecular complexity index is 917. The number of ether oxygens (including phenoxy) is 1. The van der Waals surface area contributed by atoms with E-state index >= 15 is 0 Å². The molecule has 7 heteroatoms. The SMILES string of the molecule is CC(=O)c1cc(C(=O)OCC(=O)NC(=O)c2ccc(C(C)(C)C)cc2)n(C)c1. The van der Waals surface area contributed by atoms with Gasteiger partial charge in [-0.1, -0.05) is 32.9 Å². The molecule has 0 aliphatic heterocycles. The number of Topliss-reactive ketones (excluding diaryl/α,β-unsaturated/α-hetero) is 1. The van der Waals surface area contributed by atoms with Crippen LogP contribution in [0.15, 0.2) is 36.5 Å². The third-order valence-corrected chi connectivity index (χ3v) is 4.22. The van der Waals surface area contributed by atoms with Gasteiger partial charge in [-0.15, -0.1) is 0 Å². The lowest BCUT2D eigenvalue weighted by atomic mass is 9.87. The summed E-state index contributed by atoms with van der Waals surface area (Å²) in [6.07, 6.45) is 1.50. The Labute approximate surface area is 163 Å². The highest BCUT2D eigenvalue weighted by Gasteiger charge is 2.18. The van der Waals surface area contributed by atoms with Crippen LogP contribution in [-0.2, 0) is 22.0 Å². The summed E-state index contributed by atoms with van der Waals surface area (Å²) in [5.74, 6) is -2.25. The second kappa shape index (κ2) is 8.21. The molecule has 1 heterocycles. The minimum absolute atomic E-state index is 0.0434. The van der Waals surface area contributed by atoms with Gasteiger partial charge in [0.25, 0.3) is 11.8 Å². The van der Waals surface area contributed by atoms with E-state index in [0.717, 1.165) is 5.56 Å². The fourth-order valence-electron chi connectivity index (χ4n) is 2.52. The van der Waals surface area contributed by atoms with Gasteiger partial charge in [-0.3, -0.25) is 19.7 Å². The highest BCUT2D eigenvalue weighted by molar-refractivity contribution is 6.05. The van der Waals surface area contributed by atoms with Crippen molar-refractivity contribution in [1.82, 2.24) is 9.88 Å². The highest BCUT2D eigenvalue weighted by atomic mass is 16.5. The van der Waals surface area contributed by atoms with E-state index in [1.807, 2.05) is 12.1 Å². The van der Waals surface area contributed by atoms with E-state index < -0.39 is 24.4 Å². The fraction of sp³-hybridized carbons (Fsp3) is 0.333. The van der Waals surface area contributed by atoms with Gasteiger partial charge in [0.05, 0.1) is 0 Å². The van der Waals surface area contributed by atoms with Gasteiger partial charge >= 0.3 is 5.97 Å². The topological polar surface area (TPSA) is 94.5 Å². The number of carbonyl (C=O) groups is 4. The smallest absolute Gasteiger partial charge is 0.355 e. The van der Waals surface area contributed by atoms with Gasteiger partial charge in [-0.25, -0.2) is 4.79 Å². The van der Waals surface area contributed by atoms with E-state index in [1.165, 1.54) is 23.8 Å². The van der Waals surface area contributed by atoms with Crippen molar-refractivity contribution < 1.29 is 23.9 Å². The van der Waals surface area contributed by atoms with Crippen LogP contribution in [0, 0.1) is 0 Å². The molecule has 0 spiro atoms. The predicted molar refractivity (Wildman–Crippen MR) is 103 cm³/mol. The molecule has 1 N–H and O–H groups in total. The fourth-order valence-corrected chi connectivity index (χ4v) is 2.52. The van der Waals surface area contributed by atoms with Crippen LogP contribution in [0.5, 0.6) is 0 Å². The quantitative estimate of drug-likeness (QED) is 0.632. The van der Waals surface area contributed by atoms with Crippen LogP contribution in [0.2, 0.25) is 0 Å². The van der Waals surface area contributed by atoms with Crippen molar-refractivity contribution >= 4 is 23.6 Å². The maximum Gasteiger partial charge on any atom is 0.355 e. The second-order valence-electron chi connectivity index (χ2n) is 7.56. The lowest BCUT2D eigenvalue weighted by Crippen LogP contribution is -2.34. The molecule has 0 aliphatic carbocycles. The van der Waals surface area contributed by atoms with Crippen molar-refractivity contribution in [1.29, 1.82) is 0 Å². The molecule has 1 aromatic heterocycles. The third kappa shape index (κ3) is 5.16. The predicted octanol–water partition coefficient (Wildman–Crippen LogP) is 2.64. The lowest BCUT2D eigenvalue weighted by Gasteiger charge is -2.18. The van der Waals surface area contributed by atoms with Crippen molar-refractivity contribution in [2.75, 3.05) is 6.61 Å². The summed E-state index contributed by atoms with van der Waals surface area (Å²) in [5, 5.41) is 2.18. The Morgan fingerprint density at radius 1 is 1.04 bits per heavy atom. The molecule has 2 aromatic rings. The highest BCUT2D eigenvalue weighted by Crippen LogP contribution is 2.22. The summed E-state index contributed by atoms with van der Waals surface area (Å²) in [6.45, 7) is 6.97. The maximum atomic E-state index is 12.1. The van der Waals surface area contributed by atoms with Crippen LogP contribution in [0.4, 0.5) is 0 Å². The molecule has 0 bridgehead atoms. The molecular weight excluding hydrogens is 360 g/mol. The van der Waals surface area contributed by atoms with Crippen molar-refractivity contribution in [3.05, 3.63) is 58.9 Å². The Kier molecular flexibility index (Phi) is 6.18. The first kappa shape index (κ1) is 21.1. The number of amides is 2. The normalized spacial score (nSPS) is 11.0. The summed E-state index contributed by atoms with van der Waals surface area (Å²) >= 11 is 0. The van der Waals surface area contributed by atoms with E-state index in [1.54, 1.807) is 19.2 Å². The van der Waals surface area contributed by atoms with Gasteiger partial charge in [-0.2, -0.15) is 0 Å². The van der Waals surface area contributed by atoms with Crippen LogP contribution in [0.1, 0.15) is 64.5 Å². The van der Waals surface area contributed by atoms with Crippen molar-refractivity contribution in [2.24, 2.45) is 7.05 Å². The average Bonchev–Trinajstić information content (AvgIpc) is 3.01. The number of carbonyl (C=O) groups excluding carboxylic acids is 4. The molecular formula is C21H24N2O5. The van der Waals surface area contributed by atoms with Crippen molar-refractivity contribution in [3.63, 3.8) is 0 Å². The summed E-state index contributed by atoms with van der Waals surface area (Å²) in [5.41, 5.74) is 1.87. The zero-order chi connectivity index (χ0) is 21.1. The Hall–Kier alpha value is -3.22. The number of esters is 1. The number of rotatable bonds is 5. The number of hydrogen-bond donors (Lipinski definition) is 1. The number of hydrogen-bond acceptors (Lipinski definition) is 5. The molecule has 0 fully saturated rings. The lowest BCUT2D eigenvalue weighted by molar-refractivity contribution is -0.123. The number of imide groups is 1. The summed E-state index contributed by atoms with van der Waals surface area (Å²) in [4.78, 5) is 47.5. The van der Waals surface area contributed by atoms with Crippen LogP contribution in [0.3, 0.4) is 0 Å². The van der Waals surface area contributed by atoms with Crippen molar-refractivity contribution in [2.45, 2.75) is 33.1 Å². The number of benzene rings is 1. The maximum absolute atomic E-state index is 12.1. The van der Waals surface area contributed by atoms with E-state index in [2.05, 4.69) is 26.1 Å². The summed E-state index contributed by atoms with van der Waals surface area (Å²) < 4.78 is 6.37. The zero-order valence-electron chi connectivity index (χ0n) is 16.7. The number of aryl methyl sites for hydroxylation is 1. The van der Waals surface area contributed by atoms with E-state index in [4.69, 9.17) is 4.74 Å². The minimum atomic E-state index is -0.757. The standard InChI is InChI=1S/C21H24N2O5/c1-13(24)15-10-17(23(5)11-15)20(27)28-12-18(25)22-19(26)14-6-8-16(9-7-14)21(2,3)4/h6-11H,12H2,1-5H3,(H,22,25,26). The number of nitrogens with zero attached hydrogens (tertiary/aromatic N) is 1. The van der Waals surface area contributed by atoms with Crippen molar-refractivity contribution in [3.8, 4) is 0 Å². The molecule has 0 saturated carbocycles. The number of ketones is 1. The third-order valence-electron chi connectivity index (χ3n) is 4.22. The molecule has 2 rings (SSSR count). The molecule has 1 aromatic carbocycles. The Morgan fingerprint density at radius 3 is 2.14 bits per heavy atom. The number of aromatic nitrogens is 1. The Balaban J connectivity index is 1.92. The first-order valence-electron chi connectivity index (χ1n) is 8.78. The first-order valence-corrected chi connectivity index (χ1v) is 8.78. The number of nitrogens with one attached hydrogen (secondary N) is 1. The average molecular weight is 384 g/mol. The summed E-state index contributed by atoms with van der Waals surface area (Å²) in [6, 6.07) is 8.35. The van der Waals surface area contributed by atoms with Gasteiger partial charge in [0.15, 0.2) is 12.4 Å².